The highest BCUT2D eigenvalue weighted by molar-refractivity contribution is 6.00. The van der Waals surface area contributed by atoms with Crippen LogP contribution < -0.4 is 16.0 Å². The van der Waals surface area contributed by atoms with Crippen molar-refractivity contribution < 1.29 is 80.2 Å². The van der Waals surface area contributed by atoms with Gasteiger partial charge in [-0.05, 0) is 106 Å². The summed E-state index contributed by atoms with van der Waals surface area (Å²) in [5.41, 5.74) is -3.23. The molecule has 0 bridgehead atoms. The fourth-order valence-corrected chi connectivity index (χ4v) is 14.6. The Hall–Kier alpha value is -7.46. The van der Waals surface area contributed by atoms with Gasteiger partial charge in [0.25, 0.3) is 0 Å². The molecule has 4 N–H and O–H groups in total. The predicted octanol–water partition coefficient (Wildman–Crippen LogP) is 4.35. The van der Waals surface area contributed by atoms with Gasteiger partial charge in [0.1, 0.15) is 53.6 Å². The highest BCUT2D eigenvalue weighted by Crippen LogP contribution is 2.36. The molecule has 5 fully saturated rings. The van der Waals surface area contributed by atoms with Crippen molar-refractivity contribution in [1.29, 1.82) is 0 Å². The van der Waals surface area contributed by atoms with E-state index in [0.29, 0.717) is 57.3 Å². The number of benzene rings is 1. The summed E-state index contributed by atoms with van der Waals surface area (Å²) in [5.74, 6) is -11.3. The number of aliphatic hydroxyl groups excluding tert-OH is 1. The normalized spacial score (nSPS) is 26.6. The smallest absolute Gasteiger partial charge is 0.391 e. The Labute approximate surface area is 586 Å². The van der Waals surface area contributed by atoms with E-state index in [1.807, 2.05) is 34.6 Å². The molecule has 3 heterocycles. The minimum atomic E-state index is -5.03. The van der Waals surface area contributed by atoms with Crippen LogP contribution in [0.1, 0.15) is 175 Å². The second-order valence-electron chi connectivity index (χ2n) is 29.7. The lowest BCUT2D eigenvalue weighted by Gasteiger charge is -2.41. The van der Waals surface area contributed by atoms with Crippen molar-refractivity contribution in [1.82, 2.24) is 60.0 Å². The Bertz CT molecular complexity index is 3100. The van der Waals surface area contributed by atoms with Crippen molar-refractivity contribution in [2.45, 2.75) is 230 Å². The number of hydrogen-bond donors (Lipinski definition) is 4. The van der Waals surface area contributed by atoms with Gasteiger partial charge in [-0.2, -0.15) is 13.2 Å². The second kappa shape index (κ2) is 35.9. The summed E-state index contributed by atoms with van der Waals surface area (Å²) in [6, 6.07) is -7.28. The summed E-state index contributed by atoms with van der Waals surface area (Å²) >= 11 is 0. The molecule has 5 aliphatic rings. The van der Waals surface area contributed by atoms with Crippen LogP contribution in [0.4, 0.5) is 17.6 Å². The molecule has 560 valence electrons. The average molecular weight is 1420 g/mol. The maximum absolute atomic E-state index is 15.5. The lowest BCUT2D eigenvalue weighted by atomic mass is 9.84. The summed E-state index contributed by atoms with van der Waals surface area (Å²) in [6.07, 6.45) is 0.0599. The number of halogens is 4. The van der Waals surface area contributed by atoms with Crippen LogP contribution in [0.15, 0.2) is 18.2 Å². The minimum Gasteiger partial charge on any atom is -0.391 e. The summed E-state index contributed by atoms with van der Waals surface area (Å²) in [7, 11) is 9.64. The fourth-order valence-electron chi connectivity index (χ4n) is 14.6. The zero-order valence-electron chi connectivity index (χ0n) is 60.9. The Morgan fingerprint density at radius 1 is 0.640 bits per heavy atom. The third-order valence-electron chi connectivity index (χ3n) is 21.1. The number of nitrogens with zero attached hydrogens (tertiary/aromatic N) is 9. The van der Waals surface area contributed by atoms with Gasteiger partial charge in [0.05, 0.1) is 37.7 Å². The maximum atomic E-state index is 15.5. The first-order valence-corrected chi connectivity index (χ1v) is 35.7. The molecule has 3 saturated heterocycles. The van der Waals surface area contributed by atoms with Crippen molar-refractivity contribution in [3.8, 4) is 0 Å². The number of aliphatic hydroxyl groups is 1. The number of amides is 12. The molecule has 29 heteroatoms. The van der Waals surface area contributed by atoms with Crippen LogP contribution in [0.3, 0.4) is 0 Å². The number of rotatable bonds is 12. The number of alkyl halides is 3. The number of hydrogen-bond acceptors (Lipinski definition) is 13. The van der Waals surface area contributed by atoms with Crippen LogP contribution in [-0.4, -0.2) is 263 Å². The molecule has 1 aromatic rings. The Morgan fingerprint density at radius 2 is 1.22 bits per heavy atom. The topological polar surface area (TPSA) is 290 Å². The first-order valence-electron chi connectivity index (χ1n) is 35.7. The van der Waals surface area contributed by atoms with Crippen LogP contribution >= 0.6 is 0 Å². The van der Waals surface area contributed by atoms with Gasteiger partial charge in [-0.1, -0.05) is 99.0 Å². The first-order chi connectivity index (χ1) is 46.9. The van der Waals surface area contributed by atoms with Crippen LogP contribution in [0, 0.1) is 29.5 Å². The Balaban J connectivity index is 1.44. The van der Waals surface area contributed by atoms with Crippen molar-refractivity contribution >= 4 is 70.9 Å². The van der Waals surface area contributed by atoms with E-state index in [4.69, 9.17) is 0 Å². The molecule has 2 saturated carbocycles. The van der Waals surface area contributed by atoms with E-state index in [1.54, 1.807) is 11.8 Å². The predicted molar refractivity (Wildman–Crippen MR) is 363 cm³/mol. The van der Waals surface area contributed by atoms with Crippen LogP contribution in [0.5, 0.6) is 0 Å². The lowest BCUT2D eigenvalue weighted by molar-refractivity contribution is -0.155. The standard InChI is InChI=1S/C71H110F4N12O13/c1-14-45(6)61-68(99)81(9)41-59(91)79(7)42-60(92)83(11)55(36-46-23-17-15-18-24-46)65(96)80(8)40-57(89)76-51(28-26-47-25-27-49(50(72)35-47)71(73,74)75)64(95)87-39-48(88)37-53(87)63(94)78-70(29-19-20-30-70)69(100)85(13)54(34-44(4)5)66(97)84(12)56(67(98)86-31-21-16-22-32-86)38-58(90)82(10)52(33-43(2)3)62(93)77-61/h25,27,35,43-46,48,51-56,61,88H,14-24,26,28-34,36-42H2,1-13H3,(H,76,89)(H,77,93)(H,78,94)/t45-,48-,51-,52-,53-,54-,55-,56-,61-/m0/s1. The molecule has 1 aromatic carbocycles. The number of nitrogens with one attached hydrogen (secondary N) is 3. The number of carbonyl (C=O) groups excluding carboxylic acids is 12. The van der Waals surface area contributed by atoms with Gasteiger partial charge in [-0.25, -0.2) is 4.39 Å². The summed E-state index contributed by atoms with van der Waals surface area (Å²) in [4.78, 5) is 189. The zero-order valence-corrected chi connectivity index (χ0v) is 60.9. The van der Waals surface area contributed by atoms with E-state index in [-0.39, 0.29) is 68.3 Å². The van der Waals surface area contributed by atoms with E-state index >= 15 is 23.6 Å². The summed E-state index contributed by atoms with van der Waals surface area (Å²) in [5, 5.41) is 19.7. The van der Waals surface area contributed by atoms with Gasteiger partial charge >= 0.3 is 6.18 Å². The molecule has 12 amide bonds. The Morgan fingerprint density at radius 3 is 1.81 bits per heavy atom. The van der Waals surface area contributed by atoms with Gasteiger partial charge in [0.15, 0.2) is 0 Å². The number of aryl methyl sites for hydroxylation is 1. The van der Waals surface area contributed by atoms with E-state index in [2.05, 4.69) is 16.0 Å². The van der Waals surface area contributed by atoms with Crippen LogP contribution in [0.25, 0.3) is 0 Å². The molecule has 3 aliphatic heterocycles. The third-order valence-corrected chi connectivity index (χ3v) is 21.1. The van der Waals surface area contributed by atoms with Gasteiger partial charge in [-0.3, -0.25) is 57.5 Å². The molecule has 0 unspecified atom stereocenters. The quantitative estimate of drug-likeness (QED) is 0.212. The second-order valence-corrected chi connectivity index (χ2v) is 29.7. The van der Waals surface area contributed by atoms with Crippen molar-refractivity contribution in [3.05, 3.63) is 35.1 Å². The first kappa shape index (κ1) is 81.5. The highest BCUT2D eigenvalue weighted by atomic mass is 19.4. The fraction of sp³-hybridized carbons (Fsp3) is 0.746. The van der Waals surface area contributed by atoms with Crippen molar-refractivity contribution in [2.75, 3.05) is 88.6 Å². The molecule has 0 aromatic heterocycles. The number of likely N-dealkylation sites (tertiary alicyclic amines) is 1. The zero-order chi connectivity index (χ0) is 74.4. The molecule has 0 radical (unpaired) electrons. The summed E-state index contributed by atoms with van der Waals surface area (Å²) in [6.45, 7) is 9.30. The number of fused-ring (bicyclic) bond motifs is 1. The lowest BCUT2D eigenvalue weighted by Crippen LogP contribution is -2.64. The van der Waals surface area contributed by atoms with E-state index in [0.717, 1.165) is 64.2 Å². The van der Waals surface area contributed by atoms with Gasteiger partial charge < -0.3 is 65.2 Å². The largest absolute Gasteiger partial charge is 0.419 e. The molecule has 9 atom stereocenters. The van der Waals surface area contributed by atoms with Gasteiger partial charge in [0, 0.05) is 75.4 Å². The van der Waals surface area contributed by atoms with Crippen molar-refractivity contribution in [2.24, 2.45) is 23.7 Å². The van der Waals surface area contributed by atoms with E-state index in [1.165, 1.54) is 68.9 Å². The maximum Gasteiger partial charge on any atom is 0.419 e. The van der Waals surface area contributed by atoms with E-state index in [9.17, 15) is 56.6 Å². The molecule has 25 nitrogen and oxygen atoms in total. The molecule has 100 heavy (non-hydrogen) atoms. The Kier molecular flexibility index (Phi) is 29.3. The molecule has 6 rings (SSSR count). The molecule has 1 spiro atoms. The van der Waals surface area contributed by atoms with E-state index < -0.39 is 187 Å². The highest BCUT2D eigenvalue weighted by Gasteiger charge is 2.51. The third kappa shape index (κ3) is 20.9. The van der Waals surface area contributed by atoms with Crippen molar-refractivity contribution in [3.63, 3.8) is 0 Å². The number of likely N-dealkylation sites (N-methyl/N-ethyl adjacent to an activating group) is 7. The monoisotopic (exact) mass is 1410 g/mol. The average Bonchev–Trinajstić information content (AvgIpc) is 1.51. The molecular formula is C71H110F4N12O13. The number of carbonyl (C=O) groups is 12. The van der Waals surface area contributed by atoms with Gasteiger partial charge in [0.2, 0.25) is 70.9 Å². The SMILES string of the molecule is CC[C@H](C)[C@@H]1NC(=O)[C@H](CC(C)C)N(C)C(=O)C[C@@H](C(=O)N2CCCCC2)N(C)C(=O)[C@H](CC(C)C)N(C)C(=O)C2(CCCC2)NC(=O)[C@@H]2C[C@H](O)CN2C(=O)[C@H](CCc2ccc(C(F)(F)F)c(F)c2)NC(=O)CN(C)C(=O)[C@H](CC2CCCCC2)N(C)C(=O)CN(C)C(=O)CN(C)C1=O. The summed E-state index contributed by atoms with van der Waals surface area (Å²) < 4.78 is 56.2. The number of piperidine rings is 1. The molecular weight excluding hydrogens is 1300 g/mol. The molecule has 2 aliphatic carbocycles. The van der Waals surface area contributed by atoms with Crippen LogP contribution in [0.2, 0.25) is 0 Å². The van der Waals surface area contributed by atoms with Crippen LogP contribution in [-0.2, 0) is 70.1 Å². The van der Waals surface area contributed by atoms with Gasteiger partial charge in [-0.15, -0.1) is 0 Å². The minimum absolute atomic E-state index is 0.00341.